The number of piperidine rings is 1. The van der Waals surface area contributed by atoms with E-state index in [1.165, 1.54) is 4.31 Å². The normalized spacial score (nSPS) is 16.8. The van der Waals surface area contributed by atoms with Gasteiger partial charge in [-0.15, -0.1) is 6.42 Å². The minimum Gasteiger partial charge on any atom is -0.340 e. The Bertz CT molecular complexity index is 766. The highest BCUT2D eigenvalue weighted by molar-refractivity contribution is 7.89. The van der Waals surface area contributed by atoms with Crippen molar-refractivity contribution in [3.8, 4) is 12.3 Å². The molecule has 0 saturated carbocycles. The number of nitrogens with zero attached hydrogens (tertiary/aromatic N) is 1. The van der Waals surface area contributed by atoms with Crippen molar-refractivity contribution < 1.29 is 13.2 Å². The van der Waals surface area contributed by atoms with Crippen LogP contribution in [0.3, 0.4) is 0 Å². The Kier molecular flexibility index (Phi) is 6.48. The minimum absolute atomic E-state index is 0.0703. The molecule has 0 aliphatic carbocycles. The second-order valence-corrected chi connectivity index (χ2v) is 8.85. The largest absolute Gasteiger partial charge is 0.340 e. The van der Waals surface area contributed by atoms with E-state index >= 15 is 0 Å². The number of hydrogen-bond donors (Lipinski definition) is 1. The fourth-order valence-corrected chi connectivity index (χ4v) is 4.69. The molecule has 2 rings (SSSR count). The summed E-state index contributed by atoms with van der Waals surface area (Å²) in [5.41, 5.74) is 0.408. The van der Waals surface area contributed by atoms with E-state index < -0.39 is 15.6 Å². The van der Waals surface area contributed by atoms with E-state index in [-0.39, 0.29) is 11.8 Å². The molecule has 1 heterocycles. The summed E-state index contributed by atoms with van der Waals surface area (Å²) in [6, 6.07) is 6.85. The zero-order valence-corrected chi connectivity index (χ0v) is 16.6. The smallest absolute Gasteiger partial charge is 0.243 e. The average molecular weight is 377 g/mol. The Hall–Kier alpha value is -1.84. The first-order valence-electron chi connectivity index (χ1n) is 9.14. The molecule has 1 aliphatic heterocycles. The van der Waals surface area contributed by atoms with E-state index in [0.29, 0.717) is 43.7 Å². The molecule has 1 aromatic rings. The van der Waals surface area contributed by atoms with Gasteiger partial charge in [0.25, 0.3) is 0 Å². The van der Waals surface area contributed by atoms with Gasteiger partial charge in [0.15, 0.2) is 0 Å². The summed E-state index contributed by atoms with van der Waals surface area (Å²) in [7, 11) is -3.51. The highest BCUT2D eigenvalue weighted by atomic mass is 32.2. The molecule has 0 atom stereocenters. The molecule has 1 saturated heterocycles. The predicted molar refractivity (Wildman–Crippen MR) is 103 cm³/mol. The lowest BCUT2D eigenvalue weighted by atomic mass is 9.90. The average Bonchev–Trinajstić information content (AvgIpc) is 2.66. The van der Waals surface area contributed by atoms with E-state index in [2.05, 4.69) is 11.2 Å². The number of carbonyl (C=O) groups excluding carboxylic acids is 1. The third-order valence-electron chi connectivity index (χ3n) is 5.33. The van der Waals surface area contributed by atoms with Gasteiger partial charge >= 0.3 is 0 Å². The van der Waals surface area contributed by atoms with E-state index in [9.17, 15) is 13.2 Å². The number of amides is 1. The number of hydrogen-bond acceptors (Lipinski definition) is 3. The minimum atomic E-state index is -3.51. The van der Waals surface area contributed by atoms with Crippen LogP contribution in [0.15, 0.2) is 29.2 Å². The molecule has 0 unspecified atom stereocenters. The van der Waals surface area contributed by atoms with Gasteiger partial charge in [-0.2, -0.15) is 4.31 Å². The molecule has 6 heteroatoms. The third kappa shape index (κ3) is 4.28. The fourth-order valence-electron chi connectivity index (χ4n) is 3.22. The molecule has 1 aromatic carbocycles. The van der Waals surface area contributed by atoms with Gasteiger partial charge in [0.1, 0.15) is 5.54 Å². The van der Waals surface area contributed by atoms with Gasteiger partial charge in [-0.3, -0.25) is 4.79 Å². The van der Waals surface area contributed by atoms with Crippen LogP contribution in [0, 0.1) is 25.2 Å². The van der Waals surface area contributed by atoms with Gasteiger partial charge in [-0.1, -0.05) is 37.5 Å². The SMILES string of the molecule is C#CC(CC)(CC)NC(=O)C1CCN(S(=O)(=O)c2ccc(C)cc2)CC1. The molecule has 0 spiro atoms. The first kappa shape index (κ1) is 20.5. The Labute approximate surface area is 157 Å². The Balaban J connectivity index is 2.01. The first-order chi connectivity index (χ1) is 12.3. The standard InChI is InChI=1S/C20H28N2O3S/c1-5-20(6-2,7-3)21-19(23)17-12-14-22(15-13-17)26(24,25)18-10-8-16(4)9-11-18/h1,8-11,17H,6-7,12-15H2,2-4H3,(H,21,23). The van der Waals surface area contributed by atoms with Crippen LogP contribution in [0.4, 0.5) is 0 Å². The van der Waals surface area contributed by atoms with E-state index in [4.69, 9.17) is 6.42 Å². The summed E-state index contributed by atoms with van der Waals surface area (Å²) < 4.78 is 27.0. The van der Waals surface area contributed by atoms with Gasteiger partial charge in [0, 0.05) is 19.0 Å². The Morgan fingerprint density at radius 1 is 1.23 bits per heavy atom. The number of sulfonamides is 1. The maximum absolute atomic E-state index is 12.7. The molecular formula is C20H28N2O3S. The molecule has 26 heavy (non-hydrogen) atoms. The van der Waals surface area contributed by atoms with Crippen LogP contribution in [-0.4, -0.2) is 37.3 Å². The zero-order valence-electron chi connectivity index (χ0n) is 15.8. The molecule has 1 fully saturated rings. The van der Waals surface area contributed by atoms with Crippen molar-refractivity contribution in [3.05, 3.63) is 29.8 Å². The number of nitrogens with one attached hydrogen (secondary N) is 1. The monoisotopic (exact) mass is 376 g/mol. The van der Waals surface area contributed by atoms with Gasteiger partial charge in [0.05, 0.1) is 4.90 Å². The topological polar surface area (TPSA) is 66.5 Å². The van der Waals surface area contributed by atoms with Gasteiger partial charge < -0.3 is 5.32 Å². The van der Waals surface area contributed by atoms with Crippen LogP contribution in [0.1, 0.15) is 45.1 Å². The van der Waals surface area contributed by atoms with Gasteiger partial charge in [-0.25, -0.2) is 8.42 Å². The summed E-state index contributed by atoms with van der Waals surface area (Å²) in [6.45, 7) is 6.52. The number of rotatable bonds is 6. The third-order valence-corrected chi connectivity index (χ3v) is 7.24. The highest BCUT2D eigenvalue weighted by Crippen LogP contribution is 2.25. The van der Waals surface area contributed by atoms with Crippen molar-refractivity contribution in [3.63, 3.8) is 0 Å². The summed E-state index contributed by atoms with van der Waals surface area (Å²) in [5.74, 6) is 2.43. The van der Waals surface area contributed by atoms with E-state index in [0.717, 1.165) is 5.56 Å². The number of aryl methyl sites for hydroxylation is 1. The molecule has 1 N–H and O–H groups in total. The lowest BCUT2D eigenvalue weighted by molar-refractivity contribution is -0.127. The van der Waals surface area contributed by atoms with Crippen molar-refractivity contribution in [1.82, 2.24) is 9.62 Å². The van der Waals surface area contributed by atoms with Crippen LogP contribution < -0.4 is 5.32 Å². The number of benzene rings is 1. The Morgan fingerprint density at radius 3 is 2.23 bits per heavy atom. The molecule has 5 nitrogen and oxygen atoms in total. The van der Waals surface area contributed by atoms with Crippen LogP contribution >= 0.6 is 0 Å². The lowest BCUT2D eigenvalue weighted by Gasteiger charge is -2.33. The molecular weight excluding hydrogens is 348 g/mol. The highest BCUT2D eigenvalue weighted by Gasteiger charge is 2.34. The van der Waals surface area contributed by atoms with Crippen molar-refractivity contribution in [2.75, 3.05) is 13.1 Å². The molecule has 1 amide bonds. The van der Waals surface area contributed by atoms with Gasteiger partial charge in [0.2, 0.25) is 15.9 Å². The molecule has 0 aromatic heterocycles. The molecule has 0 bridgehead atoms. The van der Waals surface area contributed by atoms with Crippen LogP contribution in [-0.2, 0) is 14.8 Å². The van der Waals surface area contributed by atoms with Crippen molar-refractivity contribution >= 4 is 15.9 Å². The van der Waals surface area contributed by atoms with Crippen molar-refractivity contribution in [2.45, 2.75) is 56.9 Å². The van der Waals surface area contributed by atoms with Crippen LogP contribution in [0.2, 0.25) is 0 Å². The maximum atomic E-state index is 12.7. The zero-order chi connectivity index (χ0) is 19.4. The predicted octanol–water partition coefficient (Wildman–Crippen LogP) is 2.70. The van der Waals surface area contributed by atoms with Crippen LogP contribution in [0.5, 0.6) is 0 Å². The fraction of sp³-hybridized carbons (Fsp3) is 0.550. The maximum Gasteiger partial charge on any atom is 0.243 e. The summed E-state index contributed by atoms with van der Waals surface area (Å²) in [4.78, 5) is 12.9. The number of terminal acetylenes is 1. The molecule has 142 valence electrons. The second kappa shape index (κ2) is 8.24. The van der Waals surface area contributed by atoms with Gasteiger partial charge in [-0.05, 0) is 44.7 Å². The van der Waals surface area contributed by atoms with Crippen molar-refractivity contribution in [1.29, 1.82) is 0 Å². The molecule has 1 aliphatic rings. The summed E-state index contributed by atoms with van der Waals surface area (Å²) in [5, 5.41) is 3.00. The first-order valence-corrected chi connectivity index (χ1v) is 10.6. The van der Waals surface area contributed by atoms with Crippen LogP contribution in [0.25, 0.3) is 0 Å². The summed E-state index contributed by atoms with van der Waals surface area (Å²) in [6.07, 6.45) is 7.96. The van der Waals surface area contributed by atoms with E-state index in [1.807, 2.05) is 20.8 Å². The molecule has 0 radical (unpaired) electrons. The van der Waals surface area contributed by atoms with E-state index in [1.54, 1.807) is 24.3 Å². The van der Waals surface area contributed by atoms with Crippen molar-refractivity contribution in [2.24, 2.45) is 5.92 Å². The lowest BCUT2D eigenvalue weighted by Crippen LogP contribution is -2.51. The second-order valence-electron chi connectivity index (χ2n) is 6.91. The summed E-state index contributed by atoms with van der Waals surface area (Å²) >= 11 is 0. The Morgan fingerprint density at radius 2 is 1.77 bits per heavy atom. The number of carbonyl (C=O) groups is 1. The quantitative estimate of drug-likeness (QED) is 0.776.